The van der Waals surface area contributed by atoms with Crippen molar-refractivity contribution in [3.63, 3.8) is 0 Å². The second kappa shape index (κ2) is 6.19. The molecule has 0 aromatic carbocycles. The number of nitrogens with two attached hydrogens (primary N) is 1. The Bertz CT molecular complexity index is 283. The molecule has 1 aromatic rings. The van der Waals surface area contributed by atoms with E-state index in [1.165, 1.54) is 0 Å². The normalized spacial score (nSPS) is 13.1. The predicted molar refractivity (Wildman–Crippen MR) is 61.4 cm³/mol. The fraction of sp³-hybridized carbons (Fsp3) is 0.778. The highest BCUT2D eigenvalue weighted by Crippen LogP contribution is 2.20. The molecule has 1 aromatic heterocycles. The molecule has 1 rings (SSSR count). The maximum atomic E-state index is 6.01. The van der Waals surface area contributed by atoms with Gasteiger partial charge in [-0.3, -0.25) is 0 Å². The number of ether oxygens (including phenoxy) is 1. The van der Waals surface area contributed by atoms with Gasteiger partial charge in [0.1, 0.15) is 0 Å². The van der Waals surface area contributed by atoms with Crippen molar-refractivity contribution < 1.29 is 4.74 Å². The molecule has 0 bridgehead atoms. The van der Waals surface area contributed by atoms with Gasteiger partial charge in [0.2, 0.25) is 0 Å². The zero-order valence-electron chi connectivity index (χ0n) is 9.11. The van der Waals surface area contributed by atoms with E-state index in [9.17, 15) is 0 Å². The van der Waals surface area contributed by atoms with Crippen molar-refractivity contribution in [1.82, 2.24) is 15.0 Å². The highest BCUT2D eigenvalue weighted by molar-refractivity contribution is 9.10. The summed E-state index contributed by atoms with van der Waals surface area (Å²) in [5.74, 6) is 0. The highest BCUT2D eigenvalue weighted by atomic mass is 79.9. The minimum Gasteiger partial charge on any atom is -0.381 e. The van der Waals surface area contributed by atoms with Gasteiger partial charge in [0.25, 0.3) is 0 Å². The average molecular weight is 277 g/mol. The van der Waals surface area contributed by atoms with Gasteiger partial charge in [-0.05, 0) is 28.8 Å². The van der Waals surface area contributed by atoms with Crippen LogP contribution in [0.5, 0.6) is 0 Å². The second-order valence-electron chi connectivity index (χ2n) is 3.40. The molecule has 1 atom stereocenters. The van der Waals surface area contributed by atoms with Crippen molar-refractivity contribution in [3.8, 4) is 0 Å². The van der Waals surface area contributed by atoms with Gasteiger partial charge in [-0.25, -0.2) is 4.68 Å². The van der Waals surface area contributed by atoms with E-state index in [0.717, 1.165) is 25.1 Å². The quantitative estimate of drug-likeness (QED) is 0.798. The lowest BCUT2D eigenvalue weighted by Gasteiger charge is -2.11. The molecule has 1 unspecified atom stereocenters. The zero-order chi connectivity index (χ0) is 11.3. The van der Waals surface area contributed by atoms with Crippen LogP contribution in [0.3, 0.4) is 0 Å². The first-order valence-corrected chi connectivity index (χ1v) is 5.84. The number of aryl methyl sites for hydroxylation is 1. The Kier molecular flexibility index (Phi) is 5.21. The van der Waals surface area contributed by atoms with Crippen LogP contribution in [0.25, 0.3) is 0 Å². The van der Waals surface area contributed by atoms with Crippen LogP contribution in [-0.4, -0.2) is 28.2 Å². The summed E-state index contributed by atoms with van der Waals surface area (Å²) in [7, 11) is 1.83. The van der Waals surface area contributed by atoms with Crippen LogP contribution >= 0.6 is 15.9 Å². The molecule has 15 heavy (non-hydrogen) atoms. The molecule has 0 aliphatic heterocycles. The lowest BCUT2D eigenvalue weighted by atomic mass is 10.2. The number of rotatable bonds is 6. The SMILES string of the molecule is CCCOCCC(N)c1c(Br)nnn1C. The van der Waals surface area contributed by atoms with Crippen molar-refractivity contribution in [1.29, 1.82) is 0 Å². The molecule has 0 aliphatic rings. The number of nitrogens with zero attached hydrogens (tertiary/aromatic N) is 3. The molecule has 0 saturated heterocycles. The largest absolute Gasteiger partial charge is 0.381 e. The average Bonchev–Trinajstić information content (AvgIpc) is 2.53. The summed E-state index contributed by atoms with van der Waals surface area (Å²) in [6.45, 7) is 3.55. The minimum atomic E-state index is -0.0868. The van der Waals surface area contributed by atoms with Crippen LogP contribution in [0.2, 0.25) is 0 Å². The number of hydrogen-bond donors (Lipinski definition) is 1. The smallest absolute Gasteiger partial charge is 0.153 e. The Morgan fingerprint density at radius 3 is 2.80 bits per heavy atom. The molecule has 86 valence electrons. The van der Waals surface area contributed by atoms with Crippen LogP contribution in [0.15, 0.2) is 4.60 Å². The lowest BCUT2D eigenvalue weighted by Crippen LogP contribution is -2.17. The fourth-order valence-electron chi connectivity index (χ4n) is 1.33. The van der Waals surface area contributed by atoms with Crippen LogP contribution in [0.4, 0.5) is 0 Å². The number of aromatic nitrogens is 3. The van der Waals surface area contributed by atoms with Crippen molar-refractivity contribution >= 4 is 15.9 Å². The molecular formula is C9H17BrN4O. The third kappa shape index (κ3) is 3.55. The van der Waals surface area contributed by atoms with Crippen molar-refractivity contribution in [2.45, 2.75) is 25.8 Å². The van der Waals surface area contributed by atoms with E-state index >= 15 is 0 Å². The first kappa shape index (κ1) is 12.6. The molecule has 0 saturated carbocycles. The summed E-state index contributed by atoms with van der Waals surface area (Å²) in [6.07, 6.45) is 1.81. The van der Waals surface area contributed by atoms with Crippen LogP contribution in [-0.2, 0) is 11.8 Å². The van der Waals surface area contributed by atoms with Crippen LogP contribution in [0, 0.1) is 0 Å². The third-order valence-corrected chi connectivity index (χ3v) is 2.66. The Hall–Kier alpha value is -0.460. The van der Waals surface area contributed by atoms with Crippen molar-refractivity contribution in [2.24, 2.45) is 12.8 Å². The molecule has 0 radical (unpaired) electrons. The van der Waals surface area contributed by atoms with Crippen LogP contribution < -0.4 is 5.73 Å². The van der Waals surface area contributed by atoms with Gasteiger partial charge in [0.15, 0.2) is 4.60 Å². The Morgan fingerprint density at radius 1 is 1.53 bits per heavy atom. The Labute approximate surface area is 98.1 Å². The van der Waals surface area contributed by atoms with E-state index in [0.29, 0.717) is 11.2 Å². The van der Waals surface area contributed by atoms with Crippen molar-refractivity contribution in [3.05, 3.63) is 10.3 Å². The number of halogens is 1. The molecule has 5 nitrogen and oxygen atoms in total. The van der Waals surface area contributed by atoms with Gasteiger partial charge in [0, 0.05) is 20.3 Å². The summed E-state index contributed by atoms with van der Waals surface area (Å²) < 4.78 is 7.79. The molecule has 1 heterocycles. The van der Waals surface area contributed by atoms with E-state index in [1.807, 2.05) is 7.05 Å². The van der Waals surface area contributed by atoms with Gasteiger partial charge in [-0.15, -0.1) is 5.10 Å². The molecule has 0 spiro atoms. The molecule has 0 fully saturated rings. The number of hydrogen-bond acceptors (Lipinski definition) is 4. The first-order valence-electron chi connectivity index (χ1n) is 5.05. The predicted octanol–water partition coefficient (Wildman–Crippen LogP) is 1.39. The van der Waals surface area contributed by atoms with Gasteiger partial charge in [-0.1, -0.05) is 12.1 Å². The van der Waals surface area contributed by atoms with Gasteiger partial charge in [0.05, 0.1) is 11.7 Å². The first-order chi connectivity index (χ1) is 7.16. The van der Waals surface area contributed by atoms with Crippen LogP contribution in [0.1, 0.15) is 31.5 Å². The maximum absolute atomic E-state index is 6.01. The van der Waals surface area contributed by atoms with E-state index in [4.69, 9.17) is 10.5 Å². The zero-order valence-corrected chi connectivity index (χ0v) is 10.7. The topological polar surface area (TPSA) is 66.0 Å². The van der Waals surface area contributed by atoms with Crippen molar-refractivity contribution in [2.75, 3.05) is 13.2 Å². The van der Waals surface area contributed by atoms with E-state index < -0.39 is 0 Å². The van der Waals surface area contributed by atoms with Gasteiger partial charge >= 0.3 is 0 Å². The molecular weight excluding hydrogens is 260 g/mol. The Morgan fingerprint density at radius 2 is 2.27 bits per heavy atom. The Balaban J connectivity index is 2.43. The third-order valence-electron chi connectivity index (χ3n) is 2.10. The molecule has 2 N–H and O–H groups in total. The summed E-state index contributed by atoms with van der Waals surface area (Å²) in [5, 5.41) is 7.77. The van der Waals surface area contributed by atoms with E-state index in [1.54, 1.807) is 4.68 Å². The summed E-state index contributed by atoms with van der Waals surface area (Å²) >= 11 is 3.33. The molecule has 0 aliphatic carbocycles. The molecule has 0 amide bonds. The summed E-state index contributed by atoms with van der Waals surface area (Å²) in [5.41, 5.74) is 6.92. The fourth-order valence-corrected chi connectivity index (χ4v) is 1.95. The monoisotopic (exact) mass is 276 g/mol. The van der Waals surface area contributed by atoms with Gasteiger partial charge < -0.3 is 10.5 Å². The van der Waals surface area contributed by atoms with Gasteiger partial charge in [-0.2, -0.15) is 0 Å². The van der Waals surface area contributed by atoms with E-state index in [-0.39, 0.29) is 6.04 Å². The molecule has 6 heteroatoms. The minimum absolute atomic E-state index is 0.0868. The summed E-state index contributed by atoms with van der Waals surface area (Å²) in [6, 6.07) is -0.0868. The maximum Gasteiger partial charge on any atom is 0.153 e. The lowest BCUT2D eigenvalue weighted by molar-refractivity contribution is 0.127. The standard InChI is InChI=1S/C9H17BrN4O/c1-3-5-15-6-4-7(11)8-9(10)12-13-14(8)2/h7H,3-6,11H2,1-2H3. The summed E-state index contributed by atoms with van der Waals surface area (Å²) in [4.78, 5) is 0. The highest BCUT2D eigenvalue weighted by Gasteiger charge is 2.15. The second-order valence-corrected chi connectivity index (χ2v) is 4.15. The van der Waals surface area contributed by atoms with E-state index in [2.05, 4.69) is 33.2 Å².